The lowest BCUT2D eigenvalue weighted by atomic mass is 10.2. The number of methoxy groups -OCH3 is 2. The molecule has 2 rings (SSSR count). The number of phenolic OH excluding ortho intramolecular Hbond substituents is 1. The van der Waals surface area contributed by atoms with Crippen molar-refractivity contribution in [2.24, 2.45) is 0 Å². The Labute approximate surface area is 152 Å². The number of hydrogen-bond acceptors (Lipinski definition) is 6. The lowest BCUT2D eigenvalue weighted by molar-refractivity contribution is -0.119. The van der Waals surface area contributed by atoms with Crippen molar-refractivity contribution >= 4 is 33.5 Å². The fourth-order valence-corrected chi connectivity index (χ4v) is 2.32. The van der Waals surface area contributed by atoms with Crippen LogP contribution in [0.5, 0.6) is 17.2 Å². The van der Waals surface area contributed by atoms with Crippen molar-refractivity contribution in [3.05, 3.63) is 46.4 Å². The number of carbonyl (C=O) groups is 2. The Bertz CT molecular complexity index is 770. The van der Waals surface area contributed by atoms with Gasteiger partial charge in [-0.2, -0.15) is 0 Å². The van der Waals surface area contributed by atoms with Crippen molar-refractivity contribution in [2.75, 3.05) is 26.1 Å². The number of amides is 1. The number of rotatable bonds is 6. The highest BCUT2D eigenvalue weighted by atomic mass is 79.9. The second-order valence-corrected chi connectivity index (χ2v) is 5.80. The third-order valence-electron chi connectivity index (χ3n) is 3.15. The maximum Gasteiger partial charge on any atom is 0.342 e. The molecule has 0 saturated heterocycles. The number of carbonyl (C=O) groups excluding carboxylic acids is 2. The van der Waals surface area contributed by atoms with Crippen molar-refractivity contribution in [3.63, 3.8) is 0 Å². The fourth-order valence-electron chi connectivity index (χ4n) is 1.96. The summed E-state index contributed by atoms with van der Waals surface area (Å²) in [5.74, 6) is -0.571. The third kappa shape index (κ3) is 5.12. The first-order valence-electron chi connectivity index (χ1n) is 7.11. The summed E-state index contributed by atoms with van der Waals surface area (Å²) in [6.07, 6.45) is 0. The third-order valence-corrected chi connectivity index (χ3v) is 3.64. The van der Waals surface area contributed by atoms with E-state index in [0.717, 1.165) is 0 Å². The van der Waals surface area contributed by atoms with Gasteiger partial charge >= 0.3 is 5.97 Å². The standard InChI is InChI=1S/C17H16BrNO6/c1-23-12-6-11(7-13(8-12)24-2)19-16(21)9-25-17(22)14-5-10(18)3-4-15(14)20/h3-8,20H,9H2,1-2H3,(H,19,21). The van der Waals surface area contributed by atoms with Gasteiger partial charge in [0, 0.05) is 28.4 Å². The van der Waals surface area contributed by atoms with Crippen LogP contribution in [-0.2, 0) is 9.53 Å². The van der Waals surface area contributed by atoms with Gasteiger partial charge in [0.2, 0.25) is 0 Å². The van der Waals surface area contributed by atoms with Gasteiger partial charge in [0.15, 0.2) is 6.61 Å². The minimum Gasteiger partial charge on any atom is -0.507 e. The van der Waals surface area contributed by atoms with Gasteiger partial charge in [-0.15, -0.1) is 0 Å². The van der Waals surface area contributed by atoms with Gasteiger partial charge in [-0.3, -0.25) is 4.79 Å². The molecule has 0 aliphatic carbocycles. The van der Waals surface area contributed by atoms with Crippen LogP contribution in [0.15, 0.2) is 40.9 Å². The predicted molar refractivity (Wildman–Crippen MR) is 94.3 cm³/mol. The quantitative estimate of drug-likeness (QED) is 0.712. The van der Waals surface area contributed by atoms with Gasteiger partial charge in [0.25, 0.3) is 5.91 Å². The van der Waals surface area contributed by atoms with Crippen LogP contribution in [-0.4, -0.2) is 37.8 Å². The molecule has 0 aliphatic rings. The largest absolute Gasteiger partial charge is 0.507 e. The second-order valence-electron chi connectivity index (χ2n) is 4.89. The Morgan fingerprint density at radius 2 is 1.72 bits per heavy atom. The number of halogens is 1. The van der Waals surface area contributed by atoms with E-state index < -0.39 is 18.5 Å². The van der Waals surface area contributed by atoms with E-state index in [0.29, 0.717) is 21.7 Å². The summed E-state index contributed by atoms with van der Waals surface area (Å²) in [7, 11) is 2.99. The number of esters is 1. The summed E-state index contributed by atoms with van der Waals surface area (Å²) in [5, 5.41) is 12.2. The molecule has 2 aromatic carbocycles. The van der Waals surface area contributed by atoms with Crippen molar-refractivity contribution in [3.8, 4) is 17.2 Å². The highest BCUT2D eigenvalue weighted by Crippen LogP contribution is 2.26. The normalized spacial score (nSPS) is 10.0. The Morgan fingerprint density at radius 1 is 1.08 bits per heavy atom. The Balaban J connectivity index is 1.99. The molecule has 0 saturated carbocycles. The molecule has 0 radical (unpaired) electrons. The van der Waals surface area contributed by atoms with E-state index in [2.05, 4.69) is 21.2 Å². The molecule has 0 aromatic heterocycles. The van der Waals surface area contributed by atoms with Gasteiger partial charge in [-0.25, -0.2) is 4.79 Å². The summed E-state index contributed by atoms with van der Waals surface area (Å²) in [5.41, 5.74) is 0.396. The monoisotopic (exact) mass is 409 g/mol. The van der Waals surface area contributed by atoms with Crippen molar-refractivity contribution in [1.82, 2.24) is 0 Å². The molecule has 0 fully saturated rings. The van der Waals surface area contributed by atoms with Crippen LogP contribution in [0.3, 0.4) is 0 Å². The molecule has 2 N–H and O–H groups in total. The van der Waals surface area contributed by atoms with Crippen LogP contribution in [0, 0.1) is 0 Å². The van der Waals surface area contributed by atoms with E-state index >= 15 is 0 Å². The van der Waals surface area contributed by atoms with Gasteiger partial charge in [-0.05, 0) is 18.2 Å². The summed E-state index contributed by atoms with van der Waals surface area (Å²) in [4.78, 5) is 23.9. The molecule has 7 nitrogen and oxygen atoms in total. The van der Waals surface area contributed by atoms with Crippen LogP contribution < -0.4 is 14.8 Å². The second kappa shape index (κ2) is 8.39. The van der Waals surface area contributed by atoms with Gasteiger partial charge in [0.1, 0.15) is 22.8 Å². The molecule has 0 aliphatic heterocycles. The summed E-state index contributed by atoms with van der Waals surface area (Å²) in [6.45, 7) is -0.510. The van der Waals surface area contributed by atoms with Gasteiger partial charge < -0.3 is 24.6 Å². The maximum absolute atomic E-state index is 12.0. The first-order valence-corrected chi connectivity index (χ1v) is 7.91. The molecule has 25 heavy (non-hydrogen) atoms. The first-order chi connectivity index (χ1) is 11.9. The minimum atomic E-state index is -0.808. The van der Waals surface area contributed by atoms with E-state index in [9.17, 15) is 14.7 Å². The van der Waals surface area contributed by atoms with E-state index in [4.69, 9.17) is 14.2 Å². The zero-order valence-electron chi connectivity index (χ0n) is 13.5. The lowest BCUT2D eigenvalue weighted by Gasteiger charge is -2.10. The van der Waals surface area contributed by atoms with Crippen molar-refractivity contribution in [2.45, 2.75) is 0 Å². The highest BCUT2D eigenvalue weighted by Gasteiger charge is 2.15. The van der Waals surface area contributed by atoms with E-state index in [1.165, 1.54) is 26.4 Å². The summed E-state index contributed by atoms with van der Waals surface area (Å²) in [6, 6.07) is 9.19. The Kier molecular flexibility index (Phi) is 6.24. The summed E-state index contributed by atoms with van der Waals surface area (Å²) >= 11 is 3.19. The molecular weight excluding hydrogens is 394 g/mol. The predicted octanol–water partition coefficient (Wildman–Crippen LogP) is 2.97. The van der Waals surface area contributed by atoms with Gasteiger partial charge in [-0.1, -0.05) is 15.9 Å². The minimum absolute atomic E-state index is 0.0368. The topological polar surface area (TPSA) is 94.1 Å². The smallest absolute Gasteiger partial charge is 0.342 e. The Hall–Kier alpha value is -2.74. The molecule has 0 atom stereocenters. The summed E-state index contributed by atoms with van der Waals surface area (Å²) < 4.78 is 15.7. The van der Waals surface area contributed by atoms with Crippen LogP contribution in [0.2, 0.25) is 0 Å². The number of aromatic hydroxyl groups is 1. The van der Waals surface area contributed by atoms with Crippen LogP contribution >= 0.6 is 15.9 Å². The van der Waals surface area contributed by atoms with Gasteiger partial charge in [0.05, 0.1) is 14.2 Å². The average Bonchev–Trinajstić information content (AvgIpc) is 2.61. The lowest BCUT2D eigenvalue weighted by Crippen LogP contribution is -2.21. The van der Waals surface area contributed by atoms with Crippen molar-refractivity contribution < 1.29 is 28.9 Å². The molecule has 0 spiro atoms. The van der Waals surface area contributed by atoms with Crippen LogP contribution in [0.25, 0.3) is 0 Å². The molecule has 8 heteroatoms. The molecule has 0 bridgehead atoms. The molecule has 132 valence electrons. The van der Waals surface area contributed by atoms with Crippen molar-refractivity contribution in [1.29, 1.82) is 0 Å². The maximum atomic E-state index is 12.0. The molecular formula is C17H16BrNO6. The highest BCUT2D eigenvalue weighted by molar-refractivity contribution is 9.10. The SMILES string of the molecule is COc1cc(NC(=O)COC(=O)c2cc(Br)ccc2O)cc(OC)c1. The molecule has 0 heterocycles. The first kappa shape index (κ1) is 18.6. The average molecular weight is 410 g/mol. The number of anilines is 1. The zero-order valence-corrected chi connectivity index (χ0v) is 15.1. The number of benzene rings is 2. The zero-order chi connectivity index (χ0) is 18.4. The van der Waals surface area contributed by atoms with E-state index in [-0.39, 0.29) is 11.3 Å². The van der Waals surface area contributed by atoms with E-state index in [1.54, 1.807) is 24.3 Å². The van der Waals surface area contributed by atoms with E-state index in [1.807, 2.05) is 0 Å². The molecule has 0 unspecified atom stereocenters. The molecule has 1 amide bonds. The number of nitrogens with one attached hydrogen (secondary N) is 1. The molecule has 2 aromatic rings. The van der Waals surface area contributed by atoms with Crippen LogP contribution in [0.1, 0.15) is 10.4 Å². The van der Waals surface area contributed by atoms with Crippen LogP contribution in [0.4, 0.5) is 5.69 Å². The number of hydrogen-bond donors (Lipinski definition) is 2. The number of ether oxygens (including phenoxy) is 3. The number of phenols is 1. The fraction of sp³-hybridized carbons (Fsp3) is 0.176. The Morgan fingerprint density at radius 3 is 2.32 bits per heavy atom.